The highest BCUT2D eigenvalue weighted by Gasteiger charge is 2.39. The van der Waals surface area contributed by atoms with Crippen molar-refractivity contribution in [2.45, 2.75) is 30.2 Å². The minimum absolute atomic E-state index is 0.0196. The van der Waals surface area contributed by atoms with E-state index in [1.165, 1.54) is 0 Å². The van der Waals surface area contributed by atoms with Crippen molar-refractivity contribution >= 4 is 23.5 Å². The first-order chi connectivity index (χ1) is 26.2. The lowest BCUT2D eigenvalue weighted by atomic mass is 10.1. The van der Waals surface area contributed by atoms with Gasteiger partial charge in [0.1, 0.15) is 22.1 Å². The number of halogens is 16. The average molecular weight is 845 g/mol. The number of nitrogens with zero attached hydrogens (tertiary/aromatic N) is 2. The Hall–Kier alpha value is -5.23. The first kappa shape index (κ1) is 43.5. The third-order valence-electron chi connectivity index (χ3n) is 6.79. The summed E-state index contributed by atoms with van der Waals surface area (Å²) >= 11 is -0.625. The van der Waals surface area contributed by atoms with Crippen LogP contribution >= 0.6 is 12.0 Å². The Balaban J connectivity index is 1.28. The molecule has 0 bridgehead atoms. The van der Waals surface area contributed by atoms with E-state index in [1.54, 1.807) is 0 Å². The Morgan fingerprint density at radius 1 is 0.518 bits per heavy atom. The Bertz CT molecular complexity index is 2040. The fourth-order valence-corrected chi connectivity index (χ4v) is 4.63. The molecule has 302 valence electrons. The van der Waals surface area contributed by atoms with Crippen LogP contribution in [0, 0.1) is 58.2 Å². The van der Waals surface area contributed by atoms with Crippen molar-refractivity contribution in [1.29, 1.82) is 0 Å². The van der Waals surface area contributed by atoms with Crippen LogP contribution in [0.3, 0.4) is 0 Å². The SMILES string of the molecule is Fc1c(F)c(F)c(CN=C(c2ccc(OCCCOc3ccc(/C(=N/OOOSc4c(F)c(F)c(F)c(F)c4F)C(F)(F)F)cc3)cc2)C(F)(F)F)c(F)c1F. The van der Waals surface area contributed by atoms with Crippen molar-refractivity contribution in [3.8, 4) is 11.5 Å². The zero-order valence-corrected chi connectivity index (χ0v) is 27.7. The molecule has 0 fully saturated rings. The normalized spacial score (nSPS) is 12.6. The molecule has 0 aliphatic rings. The molecule has 0 amide bonds. The molecule has 56 heavy (non-hydrogen) atoms. The van der Waals surface area contributed by atoms with Gasteiger partial charge in [-0.1, -0.05) is 0 Å². The lowest BCUT2D eigenvalue weighted by Gasteiger charge is -2.13. The number of aliphatic imine (C=N–C) groups is 1. The van der Waals surface area contributed by atoms with Gasteiger partial charge in [-0.2, -0.15) is 31.3 Å². The van der Waals surface area contributed by atoms with Crippen LogP contribution in [0.15, 0.2) is 63.6 Å². The van der Waals surface area contributed by atoms with Gasteiger partial charge in [0, 0.05) is 22.6 Å². The van der Waals surface area contributed by atoms with Gasteiger partial charge in [0.2, 0.25) is 11.6 Å². The molecule has 0 unspecified atom stereocenters. The van der Waals surface area contributed by atoms with Crippen molar-refractivity contribution < 1.29 is 94.1 Å². The predicted molar refractivity (Wildman–Crippen MR) is 159 cm³/mol. The summed E-state index contributed by atoms with van der Waals surface area (Å²) in [5.74, 6) is -23.6. The molecule has 0 heterocycles. The van der Waals surface area contributed by atoms with Crippen LogP contribution in [-0.2, 0) is 20.9 Å². The second-order valence-electron chi connectivity index (χ2n) is 10.4. The van der Waals surface area contributed by atoms with Crippen LogP contribution in [0.1, 0.15) is 23.1 Å². The third-order valence-corrected chi connectivity index (χ3v) is 7.44. The topological polar surface area (TPSA) is 70.9 Å². The Morgan fingerprint density at radius 2 is 0.911 bits per heavy atom. The maximum Gasteiger partial charge on any atom is 0.437 e. The van der Waals surface area contributed by atoms with E-state index in [0.717, 1.165) is 48.5 Å². The summed E-state index contributed by atoms with van der Waals surface area (Å²) in [7, 11) is 0. The van der Waals surface area contributed by atoms with Gasteiger partial charge in [0.25, 0.3) is 0 Å². The van der Waals surface area contributed by atoms with Crippen LogP contribution in [0.2, 0.25) is 0 Å². The molecule has 4 aromatic carbocycles. The molecule has 7 nitrogen and oxygen atoms in total. The molecule has 4 aromatic rings. The summed E-state index contributed by atoms with van der Waals surface area (Å²) in [5.41, 5.74) is -6.28. The predicted octanol–water partition coefficient (Wildman–Crippen LogP) is 10.3. The van der Waals surface area contributed by atoms with Crippen LogP contribution in [0.5, 0.6) is 11.5 Å². The quantitative estimate of drug-likeness (QED) is 0.0174. The van der Waals surface area contributed by atoms with Gasteiger partial charge in [-0.15, -0.1) is 4.33 Å². The second kappa shape index (κ2) is 18.1. The molecule has 0 saturated carbocycles. The zero-order valence-electron chi connectivity index (χ0n) is 26.8. The third kappa shape index (κ3) is 10.3. The molecule has 0 aromatic heterocycles. The number of hydrogen-bond donors (Lipinski definition) is 0. The molecule has 0 aliphatic heterocycles. The van der Waals surface area contributed by atoms with Gasteiger partial charge >= 0.3 is 12.4 Å². The van der Waals surface area contributed by atoms with E-state index >= 15 is 0 Å². The molecule has 0 spiro atoms. The van der Waals surface area contributed by atoms with E-state index in [2.05, 4.69) is 24.5 Å². The molecular formula is C32H16F16N2O5S. The number of alkyl halides is 6. The summed E-state index contributed by atoms with van der Waals surface area (Å²) < 4.78 is 231. The van der Waals surface area contributed by atoms with Gasteiger partial charge in [-0.25, -0.2) is 43.9 Å². The highest BCUT2D eigenvalue weighted by molar-refractivity contribution is 7.94. The van der Waals surface area contributed by atoms with Gasteiger partial charge in [0.15, 0.2) is 52.2 Å². The fraction of sp³-hybridized carbons (Fsp3) is 0.188. The smallest absolute Gasteiger partial charge is 0.437 e. The first-order valence-electron chi connectivity index (χ1n) is 14.7. The summed E-state index contributed by atoms with van der Waals surface area (Å²) in [5, 5.41) is 6.42. The van der Waals surface area contributed by atoms with Crippen molar-refractivity contribution in [3.05, 3.63) is 123 Å². The van der Waals surface area contributed by atoms with Crippen LogP contribution in [0.4, 0.5) is 70.2 Å². The van der Waals surface area contributed by atoms with Gasteiger partial charge < -0.3 is 9.47 Å². The summed E-state index contributed by atoms with van der Waals surface area (Å²) in [6.45, 7) is -1.75. The number of rotatable bonds is 15. The molecule has 0 aliphatic carbocycles. The van der Waals surface area contributed by atoms with Crippen LogP contribution < -0.4 is 9.47 Å². The minimum atomic E-state index is -5.22. The lowest BCUT2D eigenvalue weighted by Crippen LogP contribution is -2.24. The number of hydrogen-bond acceptors (Lipinski definition) is 8. The van der Waals surface area contributed by atoms with Gasteiger partial charge in [-0.05, 0) is 53.7 Å². The van der Waals surface area contributed by atoms with Crippen LogP contribution in [0.25, 0.3) is 0 Å². The molecule has 4 rings (SSSR count). The largest absolute Gasteiger partial charge is 0.493 e. The van der Waals surface area contributed by atoms with E-state index in [1.807, 2.05) is 0 Å². The minimum Gasteiger partial charge on any atom is -0.493 e. The van der Waals surface area contributed by atoms with Crippen molar-refractivity contribution in [2.24, 2.45) is 10.1 Å². The average Bonchev–Trinajstić information content (AvgIpc) is 3.15. The molecule has 0 radical (unpaired) electrons. The molecule has 0 N–H and O–H groups in total. The van der Waals surface area contributed by atoms with Crippen molar-refractivity contribution in [1.82, 2.24) is 0 Å². The standard InChI is InChI=1S/C32H16F16N2O5S/c33-18-17(19(34)21(36)22(37)20(18)35)12-49-29(31(43,44)45)13-2-6-15(7-3-13)51-10-1-11-52-16-8-4-14(5-9-16)30(32(46,47)48)50-53-54-55-56-28-26(41)24(39)23(38)25(40)27(28)42/h2-9H,1,10-12H2/b49-29?,50-30-. The maximum absolute atomic E-state index is 13.9. The maximum atomic E-state index is 13.9. The zero-order chi connectivity index (χ0) is 41.5. The Labute approximate surface area is 306 Å². The molecule has 0 atom stereocenters. The first-order valence-corrected chi connectivity index (χ1v) is 15.4. The highest BCUT2D eigenvalue weighted by Crippen LogP contribution is 2.32. The summed E-state index contributed by atoms with van der Waals surface area (Å²) in [6, 6.07) is 7.71. The van der Waals surface area contributed by atoms with Crippen molar-refractivity contribution in [2.75, 3.05) is 13.2 Å². The van der Waals surface area contributed by atoms with E-state index in [-0.39, 0.29) is 31.1 Å². The summed E-state index contributed by atoms with van der Waals surface area (Å²) in [6.07, 6.45) is -10.3. The van der Waals surface area contributed by atoms with Crippen LogP contribution in [-0.4, -0.2) is 37.0 Å². The van der Waals surface area contributed by atoms with E-state index in [9.17, 15) is 70.2 Å². The molecule has 24 heteroatoms. The number of ether oxygens (including phenoxy) is 2. The van der Waals surface area contributed by atoms with Gasteiger partial charge in [-0.3, -0.25) is 4.99 Å². The lowest BCUT2D eigenvalue weighted by molar-refractivity contribution is -0.462. The molecular weight excluding hydrogens is 828 g/mol. The Kier molecular flexibility index (Phi) is 14.1. The second-order valence-corrected chi connectivity index (χ2v) is 11.2. The molecule has 0 saturated heterocycles. The highest BCUT2D eigenvalue weighted by atomic mass is 32.2. The monoisotopic (exact) mass is 844 g/mol. The summed E-state index contributed by atoms with van der Waals surface area (Å²) in [4.78, 5) is 5.31. The number of oxime groups is 1. The fourth-order valence-electron chi connectivity index (χ4n) is 4.19. The Morgan fingerprint density at radius 3 is 1.34 bits per heavy atom. The number of benzene rings is 4. The van der Waals surface area contributed by atoms with E-state index in [4.69, 9.17) is 9.47 Å². The van der Waals surface area contributed by atoms with E-state index in [0.29, 0.717) is 0 Å². The van der Waals surface area contributed by atoms with Gasteiger partial charge in [0.05, 0.1) is 37.4 Å². The van der Waals surface area contributed by atoms with E-state index < -0.39 is 122 Å². The van der Waals surface area contributed by atoms with Crippen molar-refractivity contribution in [3.63, 3.8) is 0 Å².